The van der Waals surface area contributed by atoms with Crippen molar-refractivity contribution in [3.63, 3.8) is 0 Å². The molecule has 1 fully saturated rings. The second kappa shape index (κ2) is 5.52. The highest BCUT2D eigenvalue weighted by atomic mass is 127. The lowest BCUT2D eigenvalue weighted by atomic mass is 10.3. The van der Waals surface area contributed by atoms with Gasteiger partial charge in [-0.3, -0.25) is 4.79 Å². The molecule has 4 heteroatoms. The summed E-state index contributed by atoms with van der Waals surface area (Å²) in [5.41, 5.74) is 0. The second-order valence-corrected chi connectivity index (χ2v) is 5.24. The lowest BCUT2D eigenvalue weighted by molar-refractivity contribution is -0.123. The average Bonchev–Trinajstić information content (AvgIpc) is 3.07. The molecule has 1 aromatic carbocycles. The number of halogens is 1. The lowest BCUT2D eigenvalue weighted by Crippen LogP contribution is -2.30. The highest BCUT2D eigenvalue weighted by molar-refractivity contribution is 14.1. The molecule has 0 saturated heterocycles. The van der Waals surface area contributed by atoms with Gasteiger partial charge in [-0.15, -0.1) is 0 Å². The minimum Gasteiger partial charge on any atom is -0.484 e. The monoisotopic (exact) mass is 331 g/mol. The van der Waals surface area contributed by atoms with Gasteiger partial charge in [0.05, 0.1) is 0 Å². The Bertz CT molecular complexity index is 377. The van der Waals surface area contributed by atoms with Crippen molar-refractivity contribution in [3.05, 3.63) is 27.8 Å². The molecule has 1 amide bonds. The molecule has 3 nitrogen and oxygen atoms in total. The number of ether oxygens (including phenoxy) is 1. The molecule has 0 atom stereocenters. The van der Waals surface area contributed by atoms with Crippen LogP contribution in [-0.4, -0.2) is 19.1 Å². The third-order valence-electron chi connectivity index (χ3n) is 2.45. The van der Waals surface area contributed by atoms with Crippen molar-refractivity contribution in [3.8, 4) is 5.75 Å². The Morgan fingerprint density at radius 1 is 1.50 bits per heavy atom. The van der Waals surface area contributed by atoms with Gasteiger partial charge in [0.1, 0.15) is 5.75 Å². The third kappa shape index (κ3) is 4.00. The second-order valence-electron chi connectivity index (χ2n) is 3.99. The van der Waals surface area contributed by atoms with E-state index in [-0.39, 0.29) is 12.5 Å². The first kappa shape index (κ1) is 11.7. The number of nitrogens with one attached hydrogen (secondary N) is 1. The SMILES string of the molecule is O=C(COc1cccc(I)c1)NCC1CC1. The van der Waals surface area contributed by atoms with Gasteiger partial charge >= 0.3 is 0 Å². The fourth-order valence-electron chi connectivity index (χ4n) is 1.34. The largest absolute Gasteiger partial charge is 0.484 e. The average molecular weight is 331 g/mol. The molecule has 0 aromatic heterocycles. The van der Waals surface area contributed by atoms with Gasteiger partial charge in [0, 0.05) is 10.1 Å². The summed E-state index contributed by atoms with van der Waals surface area (Å²) in [5.74, 6) is 1.42. The third-order valence-corrected chi connectivity index (χ3v) is 3.12. The van der Waals surface area contributed by atoms with Crippen LogP contribution in [0.1, 0.15) is 12.8 Å². The lowest BCUT2D eigenvalue weighted by Gasteiger charge is -2.07. The quantitative estimate of drug-likeness (QED) is 0.840. The molecule has 1 aromatic rings. The maximum atomic E-state index is 11.4. The van der Waals surface area contributed by atoms with E-state index in [2.05, 4.69) is 27.9 Å². The van der Waals surface area contributed by atoms with Crippen LogP contribution in [0.3, 0.4) is 0 Å². The van der Waals surface area contributed by atoms with Gasteiger partial charge in [-0.25, -0.2) is 0 Å². The number of benzene rings is 1. The van der Waals surface area contributed by atoms with Gasteiger partial charge in [0.15, 0.2) is 6.61 Å². The number of amides is 1. The zero-order valence-corrected chi connectivity index (χ0v) is 11.1. The van der Waals surface area contributed by atoms with Crippen LogP contribution >= 0.6 is 22.6 Å². The molecule has 1 aliphatic rings. The van der Waals surface area contributed by atoms with Gasteiger partial charge in [-0.1, -0.05) is 6.07 Å². The van der Waals surface area contributed by atoms with Gasteiger partial charge in [-0.2, -0.15) is 0 Å². The molecule has 1 saturated carbocycles. The van der Waals surface area contributed by atoms with Crippen molar-refractivity contribution < 1.29 is 9.53 Å². The first-order chi connectivity index (χ1) is 7.74. The Hall–Kier alpha value is -0.780. The summed E-state index contributed by atoms with van der Waals surface area (Å²) in [7, 11) is 0. The Morgan fingerprint density at radius 2 is 2.31 bits per heavy atom. The van der Waals surface area contributed by atoms with E-state index in [0.29, 0.717) is 5.92 Å². The van der Waals surface area contributed by atoms with Crippen LogP contribution in [0, 0.1) is 9.49 Å². The van der Waals surface area contributed by atoms with E-state index in [1.165, 1.54) is 12.8 Å². The smallest absolute Gasteiger partial charge is 0.257 e. The molecule has 0 radical (unpaired) electrons. The molecule has 0 unspecified atom stereocenters. The van der Waals surface area contributed by atoms with Crippen LogP contribution in [0.4, 0.5) is 0 Å². The zero-order valence-electron chi connectivity index (χ0n) is 8.91. The Morgan fingerprint density at radius 3 is 3.00 bits per heavy atom. The molecule has 16 heavy (non-hydrogen) atoms. The molecule has 0 spiro atoms. The van der Waals surface area contributed by atoms with Crippen LogP contribution in [-0.2, 0) is 4.79 Å². The number of carbonyl (C=O) groups is 1. The minimum atomic E-state index is -0.0363. The van der Waals surface area contributed by atoms with E-state index < -0.39 is 0 Å². The summed E-state index contributed by atoms with van der Waals surface area (Å²) in [6.45, 7) is 0.904. The molecular weight excluding hydrogens is 317 g/mol. The predicted octanol–water partition coefficient (Wildman–Crippen LogP) is 2.20. The Labute approximate surface area is 109 Å². The Kier molecular flexibility index (Phi) is 4.04. The molecule has 0 aliphatic heterocycles. The van der Waals surface area contributed by atoms with Gasteiger partial charge < -0.3 is 10.1 Å². The first-order valence-corrected chi connectivity index (χ1v) is 6.47. The summed E-state index contributed by atoms with van der Waals surface area (Å²) in [6.07, 6.45) is 2.50. The summed E-state index contributed by atoms with van der Waals surface area (Å²) in [6, 6.07) is 7.67. The van der Waals surface area contributed by atoms with E-state index >= 15 is 0 Å². The molecule has 1 aliphatic carbocycles. The van der Waals surface area contributed by atoms with Gasteiger partial charge in [-0.05, 0) is 59.5 Å². The summed E-state index contributed by atoms with van der Waals surface area (Å²) >= 11 is 2.22. The first-order valence-electron chi connectivity index (χ1n) is 5.39. The zero-order chi connectivity index (χ0) is 11.4. The van der Waals surface area contributed by atoms with E-state index in [4.69, 9.17) is 4.74 Å². The van der Waals surface area contributed by atoms with Crippen LogP contribution < -0.4 is 10.1 Å². The van der Waals surface area contributed by atoms with Crippen molar-refractivity contribution in [2.45, 2.75) is 12.8 Å². The normalized spacial score (nSPS) is 14.6. The summed E-state index contributed by atoms with van der Waals surface area (Å²) in [5, 5.41) is 2.86. The predicted molar refractivity (Wildman–Crippen MR) is 70.4 cm³/mol. The number of hydrogen-bond acceptors (Lipinski definition) is 2. The highest BCUT2D eigenvalue weighted by Gasteiger charge is 2.21. The van der Waals surface area contributed by atoms with E-state index in [0.717, 1.165) is 15.9 Å². The molecule has 0 bridgehead atoms. The van der Waals surface area contributed by atoms with Gasteiger partial charge in [0.25, 0.3) is 5.91 Å². The number of rotatable bonds is 5. The highest BCUT2D eigenvalue weighted by Crippen LogP contribution is 2.27. The topological polar surface area (TPSA) is 38.3 Å². The maximum Gasteiger partial charge on any atom is 0.257 e. The van der Waals surface area contributed by atoms with Crippen LogP contribution in [0.15, 0.2) is 24.3 Å². The molecule has 2 rings (SSSR count). The van der Waals surface area contributed by atoms with Crippen LogP contribution in [0.2, 0.25) is 0 Å². The van der Waals surface area contributed by atoms with Crippen molar-refractivity contribution in [1.82, 2.24) is 5.32 Å². The molecular formula is C12H14INO2. The van der Waals surface area contributed by atoms with Crippen LogP contribution in [0.5, 0.6) is 5.75 Å². The maximum absolute atomic E-state index is 11.4. The molecule has 0 heterocycles. The van der Waals surface area contributed by atoms with E-state index in [1.807, 2.05) is 24.3 Å². The number of carbonyl (C=O) groups excluding carboxylic acids is 1. The van der Waals surface area contributed by atoms with Crippen molar-refractivity contribution in [2.24, 2.45) is 5.92 Å². The van der Waals surface area contributed by atoms with Crippen LogP contribution in [0.25, 0.3) is 0 Å². The number of hydrogen-bond donors (Lipinski definition) is 1. The molecule has 86 valence electrons. The van der Waals surface area contributed by atoms with Crippen molar-refractivity contribution in [2.75, 3.05) is 13.2 Å². The van der Waals surface area contributed by atoms with E-state index in [1.54, 1.807) is 0 Å². The van der Waals surface area contributed by atoms with Crippen molar-refractivity contribution in [1.29, 1.82) is 0 Å². The Balaban J connectivity index is 1.71. The standard InChI is InChI=1S/C12H14INO2/c13-10-2-1-3-11(6-10)16-8-12(15)14-7-9-4-5-9/h1-3,6,9H,4-5,7-8H2,(H,14,15). The van der Waals surface area contributed by atoms with E-state index in [9.17, 15) is 4.79 Å². The molecule has 1 N–H and O–H groups in total. The minimum absolute atomic E-state index is 0.0363. The van der Waals surface area contributed by atoms with Gasteiger partial charge in [0.2, 0.25) is 0 Å². The summed E-state index contributed by atoms with van der Waals surface area (Å²) < 4.78 is 6.49. The fourth-order valence-corrected chi connectivity index (χ4v) is 1.85. The van der Waals surface area contributed by atoms with Crippen molar-refractivity contribution >= 4 is 28.5 Å². The summed E-state index contributed by atoms with van der Waals surface area (Å²) in [4.78, 5) is 11.4. The fraction of sp³-hybridized carbons (Fsp3) is 0.417.